The molecule has 2 aromatic rings. The summed E-state index contributed by atoms with van der Waals surface area (Å²) in [6.45, 7) is 1.53. The SMILES string of the molecule is CN=C(NCCNC(=O)c1ccccc1Cl)NCC1(c2ccccc2F)CC1.I. The lowest BCUT2D eigenvalue weighted by Crippen LogP contribution is -2.44. The first-order valence-electron chi connectivity index (χ1n) is 9.28. The molecular formula is C21H25ClFIN4O. The Kier molecular flexibility index (Phi) is 8.70. The molecule has 0 radical (unpaired) electrons. The average Bonchev–Trinajstić information content (AvgIpc) is 3.49. The van der Waals surface area contributed by atoms with Gasteiger partial charge in [-0.1, -0.05) is 41.9 Å². The molecule has 1 aliphatic carbocycles. The fraction of sp³-hybridized carbons (Fsp3) is 0.333. The van der Waals surface area contributed by atoms with Crippen LogP contribution in [0.2, 0.25) is 5.02 Å². The number of benzene rings is 2. The maximum Gasteiger partial charge on any atom is 0.252 e. The maximum absolute atomic E-state index is 14.1. The van der Waals surface area contributed by atoms with Gasteiger partial charge in [0.2, 0.25) is 0 Å². The number of halogens is 3. The molecule has 1 aliphatic rings. The molecule has 0 aromatic heterocycles. The molecule has 1 saturated carbocycles. The van der Waals surface area contributed by atoms with Gasteiger partial charge in [0.05, 0.1) is 10.6 Å². The molecule has 156 valence electrons. The van der Waals surface area contributed by atoms with Crippen LogP contribution < -0.4 is 16.0 Å². The molecule has 0 aliphatic heterocycles. The van der Waals surface area contributed by atoms with Gasteiger partial charge < -0.3 is 16.0 Å². The van der Waals surface area contributed by atoms with Crippen LogP contribution in [0.4, 0.5) is 4.39 Å². The molecule has 3 rings (SSSR count). The second-order valence-corrected chi connectivity index (χ2v) is 7.26. The van der Waals surface area contributed by atoms with E-state index >= 15 is 0 Å². The van der Waals surface area contributed by atoms with Crippen LogP contribution in [0.5, 0.6) is 0 Å². The summed E-state index contributed by atoms with van der Waals surface area (Å²) >= 11 is 6.02. The highest BCUT2D eigenvalue weighted by molar-refractivity contribution is 14.0. The average molecular weight is 531 g/mol. The van der Waals surface area contributed by atoms with Gasteiger partial charge in [0, 0.05) is 32.1 Å². The quantitative estimate of drug-likeness (QED) is 0.221. The molecule has 0 saturated heterocycles. The minimum atomic E-state index is -0.216. The van der Waals surface area contributed by atoms with E-state index in [4.69, 9.17) is 11.6 Å². The van der Waals surface area contributed by atoms with Crippen molar-refractivity contribution in [3.63, 3.8) is 0 Å². The Morgan fingerprint density at radius 3 is 2.38 bits per heavy atom. The van der Waals surface area contributed by atoms with Crippen LogP contribution in [0.25, 0.3) is 0 Å². The molecule has 0 atom stereocenters. The van der Waals surface area contributed by atoms with Gasteiger partial charge in [0.25, 0.3) is 5.91 Å². The molecule has 5 nitrogen and oxygen atoms in total. The normalized spacial score (nSPS) is 14.5. The summed E-state index contributed by atoms with van der Waals surface area (Å²) in [4.78, 5) is 16.3. The van der Waals surface area contributed by atoms with Crippen LogP contribution in [0.15, 0.2) is 53.5 Å². The van der Waals surface area contributed by atoms with Crippen molar-refractivity contribution in [2.75, 3.05) is 26.7 Å². The number of nitrogens with one attached hydrogen (secondary N) is 3. The second kappa shape index (κ2) is 10.8. The first kappa shape index (κ1) is 23.4. The van der Waals surface area contributed by atoms with Crippen LogP contribution in [0.1, 0.15) is 28.8 Å². The van der Waals surface area contributed by atoms with Crippen molar-refractivity contribution in [1.29, 1.82) is 0 Å². The van der Waals surface area contributed by atoms with Gasteiger partial charge in [-0.2, -0.15) is 0 Å². The first-order valence-corrected chi connectivity index (χ1v) is 9.66. The van der Waals surface area contributed by atoms with E-state index in [0.29, 0.717) is 36.2 Å². The highest BCUT2D eigenvalue weighted by Gasteiger charge is 2.45. The molecule has 1 fully saturated rings. The Bertz CT molecular complexity index is 873. The Balaban J connectivity index is 0.00000300. The molecule has 1 amide bonds. The molecule has 0 bridgehead atoms. The molecule has 2 aromatic carbocycles. The number of carbonyl (C=O) groups excluding carboxylic acids is 1. The van der Waals surface area contributed by atoms with Crippen LogP contribution in [-0.4, -0.2) is 38.5 Å². The van der Waals surface area contributed by atoms with Crippen LogP contribution in [-0.2, 0) is 5.41 Å². The molecule has 29 heavy (non-hydrogen) atoms. The lowest BCUT2D eigenvalue weighted by Gasteiger charge is -2.19. The van der Waals surface area contributed by atoms with Crippen molar-refractivity contribution in [2.45, 2.75) is 18.3 Å². The lowest BCUT2D eigenvalue weighted by molar-refractivity contribution is 0.0954. The Morgan fingerprint density at radius 1 is 1.07 bits per heavy atom. The van der Waals surface area contributed by atoms with Crippen molar-refractivity contribution < 1.29 is 9.18 Å². The minimum Gasteiger partial charge on any atom is -0.356 e. The first-order chi connectivity index (χ1) is 13.6. The minimum absolute atomic E-state index is 0. The van der Waals surface area contributed by atoms with Crippen molar-refractivity contribution in [3.8, 4) is 0 Å². The predicted molar refractivity (Wildman–Crippen MR) is 126 cm³/mol. The van der Waals surface area contributed by atoms with Gasteiger partial charge in [-0.3, -0.25) is 9.79 Å². The molecular weight excluding hydrogens is 506 g/mol. The zero-order valence-corrected chi connectivity index (χ0v) is 19.3. The zero-order valence-electron chi connectivity index (χ0n) is 16.2. The fourth-order valence-electron chi connectivity index (χ4n) is 3.15. The number of guanidine groups is 1. The second-order valence-electron chi connectivity index (χ2n) is 6.85. The molecule has 0 spiro atoms. The van der Waals surface area contributed by atoms with Gasteiger partial charge in [-0.25, -0.2) is 4.39 Å². The lowest BCUT2D eigenvalue weighted by atomic mass is 9.95. The van der Waals surface area contributed by atoms with E-state index < -0.39 is 0 Å². The number of aliphatic imine (C=N–C) groups is 1. The summed E-state index contributed by atoms with van der Waals surface area (Å²) in [5.41, 5.74) is 1.04. The van der Waals surface area contributed by atoms with E-state index in [1.165, 1.54) is 6.07 Å². The molecule has 3 N–H and O–H groups in total. The smallest absolute Gasteiger partial charge is 0.252 e. The summed E-state index contributed by atoms with van der Waals surface area (Å²) in [6.07, 6.45) is 1.90. The van der Waals surface area contributed by atoms with Gasteiger partial charge >= 0.3 is 0 Å². The van der Waals surface area contributed by atoms with Crippen molar-refractivity contribution in [3.05, 3.63) is 70.5 Å². The zero-order chi connectivity index (χ0) is 20.0. The maximum atomic E-state index is 14.1. The van der Waals surface area contributed by atoms with E-state index in [2.05, 4.69) is 20.9 Å². The summed E-state index contributed by atoms with van der Waals surface area (Å²) in [6, 6.07) is 13.9. The third kappa shape index (κ3) is 6.05. The van der Waals surface area contributed by atoms with Crippen molar-refractivity contribution in [2.24, 2.45) is 4.99 Å². The van der Waals surface area contributed by atoms with Gasteiger partial charge in [0.15, 0.2) is 5.96 Å². The number of rotatable bonds is 7. The number of carbonyl (C=O) groups is 1. The topological polar surface area (TPSA) is 65.5 Å². The number of hydrogen-bond acceptors (Lipinski definition) is 2. The van der Waals surface area contributed by atoms with E-state index in [1.807, 2.05) is 12.1 Å². The fourth-order valence-corrected chi connectivity index (χ4v) is 3.38. The third-order valence-corrected chi connectivity index (χ3v) is 5.27. The molecule has 0 unspecified atom stereocenters. The van der Waals surface area contributed by atoms with Crippen molar-refractivity contribution >= 4 is 47.4 Å². The molecule has 8 heteroatoms. The summed E-state index contributed by atoms with van der Waals surface area (Å²) in [5.74, 6) is 0.244. The summed E-state index contributed by atoms with van der Waals surface area (Å²) in [7, 11) is 1.68. The highest BCUT2D eigenvalue weighted by atomic mass is 127. The summed E-state index contributed by atoms with van der Waals surface area (Å²) in [5, 5.41) is 9.66. The summed E-state index contributed by atoms with van der Waals surface area (Å²) < 4.78 is 14.1. The Labute approximate surface area is 192 Å². The highest BCUT2D eigenvalue weighted by Crippen LogP contribution is 2.48. The Hall–Kier alpha value is -1.87. The van der Waals surface area contributed by atoms with E-state index in [-0.39, 0.29) is 41.1 Å². The number of hydrogen-bond donors (Lipinski definition) is 3. The van der Waals surface area contributed by atoms with E-state index in [9.17, 15) is 9.18 Å². The largest absolute Gasteiger partial charge is 0.356 e. The molecule has 0 heterocycles. The van der Waals surface area contributed by atoms with Crippen LogP contribution in [0.3, 0.4) is 0 Å². The predicted octanol–water partition coefficient (Wildman–Crippen LogP) is 3.72. The van der Waals surface area contributed by atoms with Gasteiger partial charge in [-0.15, -0.1) is 24.0 Å². The van der Waals surface area contributed by atoms with Crippen molar-refractivity contribution in [1.82, 2.24) is 16.0 Å². The van der Waals surface area contributed by atoms with Crippen LogP contribution in [0, 0.1) is 5.82 Å². The third-order valence-electron chi connectivity index (χ3n) is 4.94. The number of amides is 1. The van der Waals surface area contributed by atoms with Gasteiger partial charge in [-0.05, 0) is 36.6 Å². The van der Waals surface area contributed by atoms with Crippen LogP contribution >= 0.6 is 35.6 Å². The standard InChI is InChI=1S/C21H24ClFN4O.HI/c1-24-20(26-13-12-25-19(28)15-6-2-4-8-17(15)22)27-14-21(10-11-21)16-7-3-5-9-18(16)23;/h2-9H,10-14H2,1H3,(H,25,28)(H2,24,26,27);1H. The number of nitrogens with zero attached hydrogens (tertiary/aromatic N) is 1. The van der Waals surface area contributed by atoms with Gasteiger partial charge in [0.1, 0.15) is 5.82 Å². The van der Waals surface area contributed by atoms with E-state index in [0.717, 1.165) is 18.4 Å². The van der Waals surface area contributed by atoms with E-state index in [1.54, 1.807) is 37.4 Å². The monoisotopic (exact) mass is 530 g/mol. The Morgan fingerprint density at radius 2 is 1.72 bits per heavy atom.